The molecule has 7 heteroatoms. The number of carbonyl (C=O) groups is 1. The Morgan fingerprint density at radius 2 is 1.68 bits per heavy atom. The second kappa shape index (κ2) is 11.0. The van der Waals surface area contributed by atoms with Crippen LogP contribution in [-0.4, -0.2) is 61.0 Å². The summed E-state index contributed by atoms with van der Waals surface area (Å²) in [5.74, 6) is 0.746. The van der Waals surface area contributed by atoms with Crippen LogP contribution in [0.15, 0.2) is 30.3 Å². The van der Waals surface area contributed by atoms with E-state index < -0.39 is 0 Å². The van der Waals surface area contributed by atoms with Crippen LogP contribution in [-0.2, 0) is 11.3 Å². The fourth-order valence-corrected chi connectivity index (χ4v) is 3.27. The van der Waals surface area contributed by atoms with E-state index in [9.17, 15) is 4.79 Å². The topological polar surface area (TPSA) is 61.6 Å². The molecule has 0 spiro atoms. The first-order valence-electron chi connectivity index (χ1n) is 8.72. The predicted molar refractivity (Wildman–Crippen MR) is 106 cm³/mol. The molecular formula is C18H30Cl2N4O. The zero-order chi connectivity index (χ0) is 16.1. The summed E-state index contributed by atoms with van der Waals surface area (Å²) >= 11 is 0. The Kier molecular flexibility index (Phi) is 9.75. The van der Waals surface area contributed by atoms with E-state index in [-0.39, 0.29) is 36.8 Å². The van der Waals surface area contributed by atoms with Crippen LogP contribution >= 0.6 is 24.8 Å². The Labute approximate surface area is 163 Å². The van der Waals surface area contributed by atoms with E-state index in [1.54, 1.807) is 0 Å². The van der Waals surface area contributed by atoms with E-state index in [1.165, 1.54) is 18.4 Å². The van der Waals surface area contributed by atoms with Crippen LogP contribution in [0.1, 0.15) is 18.4 Å². The quantitative estimate of drug-likeness (QED) is 0.742. The van der Waals surface area contributed by atoms with Crippen molar-refractivity contribution >= 4 is 30.7 Å². The number of amides is 1. The number of nitrogens with one attached hydrogen (secondary N) is 1. The third-order valence-corrected chi connectivity index (χ3v) is 4.87. The van der Waals surface area contributed by atoms with E-state index in [4.69, 9.17) is 5.73 Å². The van der Waals surface area contributed by atoms with Gasteiger partial charge in [0.1, 0.15) is 0 Å². The molecular weight excluding hydrogens is 359 g/mol. The minimum Gasteiger partial charge on any atom is -0.351 e. The third-order valence-electron chi connectivity index (χ3n) is 4.87. The summed E-state index contributed by atoms with van der Waals surface area (Å²) in [6.07, 6.45) is 2.42. The maximum Gasteiger partial charge on any atom is 0.234 e. The summed E-state index contributed by atoms with van der Waals surface area (Å²) in [5, 5.41) is 3.11. The molecule has 1 amide bonds. The molecule has 3 rings (SSSR count). The summed E-state index contributed by atoms with van der Waals surface area (Å²) in [5.41, 5.74) is 7.11. The summed E-state index contributed by atoms with van der Waals surface area (Å²) in [6.45, 7) is 6.01. The fourth-order valence-electron chi connectivity index (χ4n) is 3.27. The van der Waals surface area contributed by atoms with Crippen molar-refractivity contribution in [1.82, 2.24) is 15.1 Å². The van der Waals surface area contributed by atoms with Gasteiger partial charge in [-0.2, -0.15) is 0 Å². The molecule has 3 N–H and O–H groups in total. The lowest BCUT2D eigenvalue weighted by atomic mass is 10.2. The lowest BCUT2D eigenvalue weighted by Gasteiger charge is -2.34. The van der Waals surface area contributed by atoms with Crippen molar-refractivity contribution in [2.24, 2.45) is 11.7 Å². The van der Waals surface area contributed by atoms with Gasteiger partial charge in [-0.3, -0.25) is 14.6 Å². The Bertz CT molecular complexity index is 505. The third kappa shape index (κ3) is 7.12. The minimum absolute atomic E-state index is 0. The maximum absolute atomic E-state index is 12.2. The minimum atomic E-state index is 0. The molecule has 5 nitrogen and oxygen atoms in total. The van der Waals surface area contributed by atoms with E-state index in [0.717, 1.165) is 32.7 Å². The normalized spacial score (nSPS) is 19.4. The number of halogens is 2. The van der Waals surface area contributed by atoms with Crippen LogP contribution in [0, 0.1) is 5.92 Å². The number of carbonyl (C=O) groups excluding carboxylic acids is 1. The lowest BCUT2D eigenvalue weighted by molar-refractivity contribution is -0.123. The Balaban J connectivity index is 0.00000156. The number of nitrogens with zero attached hydrogens (tertiary/aromatic N) is 2. The highest BCUT2D eigenvalue weighted by molar-refractivity contribution is 5.85. The molecule has 1 atom stereocenters. The average Bonchev–Trinajstić information content (AvgIpc) is 3.40. The molecule has 1 unspecified atom stereocenters. The molecule has 25 heavy (non-hydrogen) atoms. The molecule has 2 fully saturated rings. The zero-order valence-electron chi connectivity index (χ0n) is 14.6. The molecule has 0 aromatic heterocycles. The van der Waals surface area contributed by atoms with Crippen molar-refractivity contribution in [3.05, 3.63) is 35.9 Å². The van der Waals surface area contributed by atoms with Gasteiger partial charge in [-0.25, -0.2) is 0 Å². The van der Waals surface area contributed by atoms with Gasteiger partial charge in [-0.1, -0.05) is 30.3 Å². The molecule has 1 saturated heterocycles. The zero-order valence-corrected chi connectivity index (χ0v) is 16.2. The van der Waals surface area contributed by atoms with E-state index in [1.807, 2.05) is 0 Å². The molecule has 1 aliphatic carbocycles. The molecule has 1 saturated carbocycles. The van der Waals surface area contributed by atoms with Gasteiger partial charge < -0.3 is 11.1 Å². The van der Waals surface area contributed by atoms with Crippen LogP contribution < -0.4 is 11.1 Å². The lowest BCUT2D eigenvalue weighted by Crippen LogP contribution is -2.51. The molecule has 1 aliphatic heterocycles. The van der Waals surface area contributed by atoms with Crippen molar-refractivity contribution in [3.8, 4) is 0 Å². The van der Waals surface area contributed by atoms with Crippen LogP contribution in [0.5, 0.6) is 0 Å². The second-order valence-corrected chi connectivity index (χ2v) is 6.79. The molecule has 1 aromatic carbocycles. The number of rotatable bonds is 7. The standard InChI is InChI=1S/C18H28N4O.2ClH/c19-12-17(16-6-7-16)20-18(23)14-22-10-8-21(9-11-22)13-15-4-2-1-3-5-15;;/h1-5,16-17H,6-14,19H2,(H,20,23);2*1H. The van der Waals surface area contributed by atoms with Gasteiger partial charge in [-0.05, 0) is 24.3 Å². The van der Waals surface area contributed by atoms with Crippen molar-refractivity contribution in [2.45, 2.75) is 25.4 Å². The summed E-state index contributed by atoms with van der Waals surface area (Å²) in [4.78, 5) is 16.9. The van der Waals surface area contributed by atoms with Crippen LogP contribution in [0.2, 0.25) is 0 Å². The smallest absolute Gasteiger partial charge is 0.234 e. The first-order valence-corrected chi connectivity index (χ1v) is 8.72. The van der Waals surface area contributed by atoms with Gasteiger partial charge in [0.05, 0.1) is 6.54 Å². The van der Waals surface area contributed by atoms with Gasteiger partial charge in [0.25, 0.3) is 0 Å². The molecule has 1 heterocycles. The SMILES string of the molecule is Cl.Cl.NCC(NC(=O)CN1CCN(Cc2ccccc2)CC1)C1CC1. The average molecular weight is 389 g/mol. The van der Waals surface area contributed by atoms with E-state index >= 15 is 0 Å². The van der Waals surface area contributed by atoms with Crippen molar-refractivity contribution < 1.29 is 4.79 Å². The van der Waals surface area contributed by atoms with Crippen molar-refractivity contribution in [1.29, 1.82) is 0 Å². The van der Waals surface area contributed by atoms with E-state index in [2.05, 4.69) is 45.4 Å². The Morgan fingerprint density at radius 3 is 2.24 bits per heavy atom. The van der Waals surface area contributed by atoms with Crippen molar-refractivity contribution in [3.63, 3.8) is 0 Å². The maximum atomic E-state index is 12.2. The van der Waals surface area contributed by atoms with Crippen LogP contribution in [0.25, 0.3) is 0 Å². The predicted octanol–water partition coefficient (Wildman–Crippen LogP) is 1.50. The molecule has 0 radical (unpaired) electrons. The largest absolute Gasteiger partial charge is 0.351 e. The highest BCUT2D eigenvalue weighted by Crippen LogP contribution is 2.32. The number of nitrogens with two attached hydrogens (primary N) is 1. The van der Waals surface area contributed by atoms with Gasteiger partial charge in [0, 0.05) is 45.3 Å². The summed E-state index contributed by atoms with van der Waals surface area (Å²) in [6, 6.07) is 10.8. The van der Waals surface area contributed by atoms with Gasteiger partial charge in [-0.15, -0.1) is 24.8 Å². The Morgan fingerprint density at radius 1 is 1.08 bits per heavy atom. The monoisotopic (exact) mass is 388 g/mol. The number of hydrogen-bond acceptors (Lipinski definition) is 4. The number of hydrogen-bond donors (Lipinski definition) is 2. The molecule has 2 aliphatic rings. The van der Waals surface area contributed by atoms with Gasteiger partial charge in [0.15, 0.2) is 0 Å². The number of piperazine rings is 1. The van der Waals surface area contributed by atoms with Crippen LogP contribution in [0.4, 0.5) is 0 Å². The van der Waals surface area contributed by atoms with E-state index in [0.29, 0.717) is 19.0 Å². The van der Waals surface area contributed by atoms with Crippen LogP contribution in [0.3, 0.4) is 0 Å². The molecule has 142 valence electrons. The second-order valence-electron chi connectivity index (χ2n) is 6.79. The molecule has 0 bridgehead atoms. The van der Waals surface area contributed by atoms with Gasteiger partial charge in [0.2, 0.25) is 5.91 Å². The molecule has 1 aromatic rings. The number of benzene rings is 1. The fraction of sp³-hybridized carbons (Fsp3) is 0.611. The van der Waals surface area contributed by atoms with Gasteiger partial charge >= 0.3 is 0 Å². The Hall–Kier alpha value is -0.850. The summed E-state index contributed by atoms with van der Waals surface area (Å²) in [7, 11) is 0. The first kappa shape index (κ1) is 22.2. The highest BCUT2D eigenvalue weighted by Gasteiger charge is 2.31. The van der Waals surface area contributed by atoms with Crippen molar-refractivity contribution in [2.75, 3.05) is 39.3 Å². The first-order chi connectivity index (χ1) is 11.2. The summed E-state index contributed by atoms with van der Waals surface area (Å²) < 4.78 is 0. The highest BCUT2D eigenvalue weighted by atomic mass is 35.5.